The Morgan fingerprint density at radius 3 is 2.47 bits per heavy atom. The van der Waals surface area contributed by atoms with Crippen molar-refractivity contribution in [2.75, 3.05) is 0 Å². The monoisotopic (exact) mass is 225 g/mol. The molecular weight excluding hydrogens is 210 g/mol. The van der Waals surface area contributed by atoms with Gasteiger partial charge in [0.25, 0.3) is 0 Å². The Balaban J connectivity index is 2.36. The first-order chi connectivity index (χ1) is 8.15. The van der Waals surface area contributed by atoms with Crippen molar-refractivity contribution in [2.45, 2.75) is 13.8 Å². The molecule has 0 saturated heterocycles. The van der Waals surface area contributed by atoms with Crippen molar-refractivity contribution in [2.24, 2.45) is 10.7 Å². The summed E-state index contributed by atoms with van der Waals surface area (Å²) in [6, 6.07) is 13.6. The van der Waals surface area contributed by atoms with Crippen LogP contribution in [0.3, 0.4) is 0 Å². The second-order valence-electron chi connectivity index (χ2n) is 4.01. The largest absolute Gasteiger partial charge is 0.383 e. The van der Waals surface area contributed by atoms with Gasteiger partial charge in [-0.1, -0.05) is 30.3 Å². The van der Waals surface area contributed by atoms with Crippen molar-refractivity contribution in [3.63, 3.8) is 0 Å². The van der Waals surface area contributed by atoms with Crippen molar-refractivity contribution in [1.82, 2.24) is 4.98 Å². The van der Waals surface area contributed by atoms with E-state index in [-0.39, 0.29) is 0 Å². The molecule has 2 aromatic rings. The summed E-state index contributed by atoms with van der Waals surface area (Å²) in [6.07, 6.45) is 0. The zero-order valence-corrected chi connectivity index (χ0v) is 10.0. The maximum absolute atomic E-state index is 5.94. The van der Waals surface area contributed by atoms with Gasteiger partial charge in [0.2, 0.25) is 0 Å². The molecule has 3 nitrogen and oxygen atoms in total. The highest BCUT2D eigenvalue weighted by Crippen LogP contribution is 2.13. The van der Waals surface area contributed by atoms with Crippen molar-refractivity contribution in [1.29, 1.82) is 0 Å². The van der Waals surface area contributed by atoms with Crippen LogP contribution in [0.5, 0.6) is 0 Å². The third-order valence-electron chi connectivity index (χ3n) is 2.39. The van der Waals surface area contributed by atoms with Crippen LogP contribution >= 0.6 is 0 Å². The van der Waals surface area contributed by atoms with E-state index in [0.29, 0.717) is 11.7 Å². The number of aliphatic imine (C=N–C) groups is 1. The van der Waals surface area contributed by atoms with Gasteiger partial charge in [0, 0.05) is 11.3 Å². The molecule has 0 aliphatic carbocycles. The number of amidine groups is 1. The first-order valence-electron chi connectivity index (χ1n) is 5.50. The Bertz CT molecular complexity index is 524. The third-order valence-corrected chi connectivity index (χ3v) is 2.39. The van der Waals surface area contributed by atoms with E-state index in [1.54, 1.807) is 0 Å². The third kappa shape index (κ3) is 2.91. The number of aromatic nitrogens is 1. The van der Waals surface area contributed by atoms with Gasteiger partial charge in [0.15, 0.2) is 5.82 Å². The van der Waals surface area contributed by atoms with E-state index < -0.39 is 0 Å². The first kappa shape index (κ1) is 11.3. The molecule has 2 rings (SSSR count). The fourth-order valence-electron chi connectivity index (χ4n) is 1.67. The number of aryl methyl sites for hydroxylation is 2. The van der Waals surface area contributed by atoms with Crippen LogP contribution < -0.4 is 5.73 Å². The lowest BCUT2D eigenvalue weighted by molar-refractivity contribution is 1.15. The van der Waals surface area contributed by atoms with Gasteiger partial charge < -0.3 is 5.73 Å². The zero-order valence-electron chi connectivity index (χ0n) is 10.0. The second kappa shape index (κ2) is 4.78. The number of rotatable bonds is 2. The average molecular weight is 225 g/mol. The lowest BCUT2D eigenvalue weighted by Crippen LogP contribution is -2.12. The molecule has 0 aliphatic rings. The highest BCUT2D eigenvalue weighted by Gasteiger charge is 1.99. The van der Waals surface area contributed by atoms with Crippen molar-refractivity contribution < 1.29 is 0 Å². The molecular formula is C14H15N3. The van der Waals surface area contributed by atoms with E-state index in [9.17, 15) is 0 Å². The van der Waals surface area contributed by atoms with E-state index in [1.165, 1.54) is 0 Å². The van der Waals surface area contributed by atoms with Crippen LogP contribution in [0.2, 0.25) is 0 Å². The topological polar surface area (TPSA) is 51.3 Å². The molecule has 0 amide bonds. The average Bonchev–Trinajstić information content (AvgIpc) is 2.28. The predicted octanol–water partition coefficient (Wildman–Crippen LogP) is 2.74. The molecule has 3 heteroatoms. The first-order valence-corrected chi connectivity index (χ1v) is 5.50. The van der Waals surface area contributed by atoms with Gasteiger partial charge in [0.1, 0.15) is 5.84 Å². The summed E-state index contributed by atoms with van der Waals surface area (Å²) in [4.78, 5) is 8.67. The standard InChI is InChI=1S/C14H15N3/c1-10-8-11(2)16-13(9-10)17-14(15)12-6-4-3-5-7-12/h3-9H,1-2H3,(H2,15,16,17). The van der Waals surface area contributed by atoms with Crippen LogP contribution in [0.1, 0.15) is 16.8 Å². The smallest absolute Gasteiger partial charge is 0.154 e. The summed E-state index contributed by atoms with van der Waals surface area (Å²) in [6.45, 7) is 3.97. The maximum atomic E-state index is 5.94. The molecule has 1 aromatic heterocycles. The zero-order chi connectivity index (χ0) is 12.3. The minimum Gasteiger partial charge on any atom is -0.383 e. The van der Waals surface area contributed by atoms with E-state index in [2.05, 4.69) is 9.98 Å². The number of hydrogen-bond acceptors (Lipinski definition) is 2. The van der Waals surface area contributed by atoms with Gasteiger partial charge >= 0.3 is 0 Å². The SMILES string of the molecule is Cc1cc(C)nc(/N=C(\N)c2ccccc2)c1. The Morgan fingerprint density at radius 2 is 1.82 bits per heavy atom. The number of nitrogens with two attached hydrogens (primary N) is 1. The number of nitrogens with zero attached hydrogens (tertiary/aromatic N) is 2. The van der Waals surface area contributed by atoms with Gasteiger partial charge in [-0.15, -0.1) is 0 Å². The van der Waals surface area contributed by atoms with E-state index in [0.717, 1.165) is 16.8 Å². The van der Waals surface area contributed by atoms with Crippen molar-refractivity contribution in [3.8, 4) is 0 Å². The molecule has 0 bridgehead atoms. The molecule has 2 N–H and O–H groups in total. The highest BCUT2D eigenvalue weighted by atomic mass is 15.0. The lowest BCUT2D eigenvalue weighted by Gasteiger charge is -2.02. The molecule has 86 valence electrons. The molecule has 1 aromatic carbocycles. The highest BCUT2D eigenvalue weighted by molar-refractivity contribution is 5.98. The summed E-state index contributed by atoms with van der Waals surface area (Å²) in [7, 11) is 0. The molecule has 17 heavy (non-hydrogen) atoms. The van der Waals surface area contributed by atoms with Crippen LogP contribution in [0, 0.1) is 13.8 Å². The van der Waals surface area contributed by atoms with Gasteiger partial charge in [-0.3, -0.25) is 0 Å². The molecule has 0 aliphatic heterocycles. The Morgan fingerprint density at radius 1 is 1.12 bits per heavy atom. The fourth-order valence-corrected chi connectivity index (χ4v) is 1.67. The van der Waals surface area contributed by atoms with Crippen molar-refractivity contribution >= 4 is 11.7 Å². The molecule has 0 atom stereocenters. The summed E-state index contributed by atoms with van der Waals surface area (Å²) in [5, 5.41) is 0. The summed E-state index contributed by atoms with van der Waals surface area (Å²) >= 11 is 0. The minimum atomic E-state index is 0.489. The number of pyridine rings is 1. The molecule has 0 spiro atoms. The fraction of sp³-hybridized carbons (Fsp3) is 0.143. The Hall–Kier alpha value is -2.16. The molecule has 0 radical (unpaired) electrons. The summed E-state index contributed by atoms with van der Waals surface area (Å²) in [5.74, 6) is 1.15. The van der Waals surface area contributed by atoms with Crippen LogP contribution in [0.15, 0.2) is 47.5 Å². The van der Waals surface area contributed by atoms with Gasteiger partial charge in [0.05, 0.1) is 0 Å². The van der Waals surface area contributed by atoms with Crippen molar-refractivity contribution in [3.05, 3.63) is 59.3 Å². The van der Waals surface area contributed by atoms with Crippen LogP contribution in [-0.2, 0) is 0 Å². The Labute approximate surface area is 101 Å². The van der Waals surface area contributed by atoms with Crippen LogP contribution in [-0.4, -0.2) is 10.8 Å². The number of benzene rings is 1. The van der Waals surface area contributed by atoms with Gasteiger partial charge in [-0.05, 0) is 31.5 Å². The lowest BCUT2D eigenvalue weighted by atomic mass is 10.2. The van der Waals surface area contributed by atoms with Gasteiger partial charge in [-0.25, -0.2) is 9.98 Å². The summed E-state index contributed by atoms with van der Waals surface area (Å²) in [5.41, 5.74) is 8.93. The van der Waals surface area contributed by atoms with Crippen LogP contribution in [0.4, 0.5) is 5.82 Å². The van der Waals surface area contributed by atoms with Gasteiger partial charge in [-0.2, -0.15) is 0 Å². The van der Waals surface area contributed by atoms with E-state index >= 15 is 0 Å². The van der Waals surface area contributed by atoms with E-state index in [1.807, 2.05) is 56.3 Å². The van der Waals surface area contributed by atoms with E-state index in [4.69, 9.17) is 5.73 Å². The normalized spacial score (nSPS) is 11.5. The summed E-state index contributed by atoms with van der Waals surface area (Å²) < 4.78 is 0. The van der Waals surface area contributed by atoms with Crippen LogP contribution in [0.25, 0.3) is 0 Å². The predicted molar refractivity (Wildman–Crippen MR) is 70.5 cm³/mol. The molecule has 0 unspecified atom stereocenters. The molecule has 1 heterocycles. The second-order valence-corrected chi connectivity index (χ2v) is 4.01. The maximum Gasteiger partial charge on any atom is 0.154 e. The number of hydrogen-bond donors (Lipinski definition) is 1. The minimum absolute atomic E-state index is 0.489. The Kier molecular flexibility index (Phi) is 3.19. The molecule has 0 fully saturated rings. The molecule has 0 saturated carbocycles. The quantitative estimate of drug-likeness (QED) is 0.631.